The molecule has 0 heterocycles. The summed E-state index contributed by atoms with van der Waals surface area (Å²) in [6.07, 6.45) is 6.90. The van der Waals surface area contributed by atoms with E-state index in [9.17, 15) is 0 Å². The van der Waals surface area contributed by atoms with Crippen molar-refractivity contribution < 1.29 is 0 Å². The summed E-state index contributed by atoms with van der Waals surface area (Å²) in [5.74, 6) is 0.765. The van der Waals surface area contributed by atoms with Gasteiger partial charge in [0.05, 0.1) is 0 Å². The van der Waals surface area contributed by atoms with Crippen molar-refractivity contribution in [1.82, 2.24) is 5.32 Å². The minimum absolute atomic E-state index is 0.475. The molecule has 0 radical (unpaired) electrons. The second-order valence-corrected chi connectivity index (χ2v) is 6.00. The summed E-state index contributed by atoms with van der Waals surface area (Å²) < 4.78 is 0. The van der Waals surface area contributed by atoms with Gasteiger partial charge in [0, 0.05) is 6.54 Å². The van der Waals surface area contributed by atoms with Crippen molar-refractivity contribution in [3.63, 3.8) is 0 Å². The van der Waals surface area contributed by atoms with E-state index in [1.54, 1.807) is 0 Å². The summed E-state index contributed by atoms with van der Waals surface area (Å²) in [7, 11) is 0. The fraction of sp³-hybridized carbons (Fsp3) is 1.00. The molecule has 0 aromatic rings. The maximum atomic E-state index is 3.57. The first-order chi connectivity index (χ1) is 6.98. The molecule has 0 bridgehead atoms. The Bertz CT molecular complexity index is 138. The van der Waals surface area contributed by atoms with Crippen LogP contribution in [-0.4, -0.2) is 13.1 Å². The van der Waals surface area contributed by atoms with Gasteiger partial charge in [0.25, 0.3) is 0 Å². The van der Waals surface area contributed by atoms with Gasteiger partial charge < -0.3 is 5.32 Å². The third kappa shape index (κ3) is 10.2. The van der Waals surface area contributed by atoms with E-state index in [-0.39, 0.29) is 0 Å². The summed E-state index contributed by atoms with van der Waals surface area (Å²) >= 11 is 0. The Morgan fingerprint density at radius 1 is 1.07 bits per heavy atom. The highest BCUT2D eigenvalue weighted by atomic mass is 14.9. The smallest absolute Gasteiger partial charge is 0.000263 e. The van der Waals surface area contributed by atoms with Crippen LogP contribution in [0.3, 0.4) is 0 Å². The Morgan fingerprint density at radius 2 is 1.73 bits per heavy atom. The minimum atomic E-state index is 0.475. The highest BCUT2D eigenvalue weighted by Gasteiger charge is 2.16. The van der Waals surface area contributed by atoms with Crippen molar-refractivity contribution in [2.24, 2.45) is 11.3 Å². The van der Waals surface area contributed by atoms with Gasteiger partial charge in [-0.05, 0) is 24.3 Å². The lowest BCUT2D eigenvalue weighted by atomic mass is 9.86. The summed E-state index contributed by atoms with van der Waals surface area (Å²) in [4.78, 5) is 0. The highest BCUT2D eigenvalue weighted by molar-refractivity contribution is 4.71. The van der Waals surface area contributed by atoms with Gasteiger partial charge in [0.2, 0.25) is 0 Å². The summed E-state index contributed by atoms with van der Waals surface area (Å²) in [6.45, 7) is 13.9. The van der Waals surface area contributed by atoms with E-state index in [0.29, 0.717) is 5.41 Å². The highest BCUT2D eigenvalue weighted by Crippen LogP contribution is 2.22. The van der Waals surface area contributed by atoms with Crippen LogP contribution in [0.15, 0.2) is 0 Å². The SMILES string of the molecule is CCCCCCC(C)(C)CNCC(C)C. The fourth-order valence-corrected chi connectivity index (χ4v) is 1.82. The van der Waals surface area contributed by atoms with Gasteiger partial charge >= 0.3 is 0 Å². The molecule has 0 saturated carbocycles. The van der Waals surface area contributed by atoms with Gasteiger partial charge in [-0.25, -0.2) is 0 Å². The lowest BCUT2D eigenvalue weighted by Crippen LogP contribution is -2.31. The van der Waals surface area contributed by atoms with Crippen LogP contribution in [0.5, 0.6) is 0 Å². The average molecular weight is 213 g/mol. The molecule has 0 aliphatic heterocycles. The Balaban J connectivity index is 3.48. The maximum absolute atomic E-state index is 3.57. The van der Waals surface area contributed by atoms with Crippen LogP contribution in [0.4, 0.5) is 0 Å². The predicted molar refractivity (Wildman–Crippen MR) is 70.2 cm³/mol. The van der Waals surface area contributed by atoms with Crippen LogP contribution in [0.1, 0.15) is 66.7 Å². The fourth-order valence-electron chi connectivity index (χ4n) is 1.82. The van der Waals surface area contributed by atoms with Gasteiger partial charge in [-0.2, -0.15) is 0 Å². The van der Waals surface area contributed by atoms with Gasteiger partial charge in [-0.15, -0.1) is 0 Å². The zero-order chi connectivity index (χ0) is 11.7. The lowest BCUT2D eigenvalue weighted by molar-refractivity contribution is 0.296. The molecule has 0 saturated heterocycles. The minimum Gasteiger partial charge on any atom is -0.316 e. The molecule has 0 amide bonds. The Morgan fingerprint density at radius 3 is 2.27 bits per heavy atom. The van der Waals surface area contributed by atoms with Crippen LogP contribution >= 0.6 is 0 Å². The van der Waals surface area contributed by atoms with Gasteiger partial charge in [0.1, 0.15) is 0 Å². The predicted octanol–water partition coefficient (Wildman–Crippen LogP) is 4.23. The Labute approximate surface area is 97.0 Å². The molecule has 0 aromatic heterocycles. The second-order valence-electron chi connectivity index (χ2n) is 6.00. The number of nitrogens with one attached hydrogen (secondary N) is 1. The van der Waals surface area contributed by atoms with Crippen LogP contribution < -0.4 is 5.32 Å². The maximum Gasteiger partial charge on any atom is 0.000263 e. The van der Waals surface area contributed by atoms with Crippen molar-refractivity contribution >= 4 is 0 Å². The van der Waals surface area contributed by atoms with E-state index in [1.165, 1.54) is 32.1 Å². The zero-order valence-electron chi connectivity index (χ0n) is 11.5. The quantitative estimate of drug-likeness (QED) is 0.565. The molecule has 92 valence electrons. The molecule has 0 aliphatic carbocycles. The molecule has 0 spiro atoms. The largest absolute Gasteiger partial charge is 0.316 e. The monoisotopic (exact) mass is 213 g/mol. The standard InChI is InChI=1S/C14H31N/c1-6-7-8-9-10-14(4,5)12-15-11-13(2)3/h13,15H,6-12H2,1-5H3. The first kappa shape index (κ1) is 15.0. The molecular weight excluding hydrogens is 182 g/mol. The topological polar surface area (TPSA) is 12.0 Å². The van der Waals surface area contributed by atoms with Crippen molar-refractivity contribution in [3.05, 3.63) is 0 Å². The van der Waals surface area contributed by atoms with E-state index in [0.717, 1.165) is 19.0 Å². The molecule has 1 heteroatoms. The normalized spacial score (nSPS) is 12.4. The Hall–Kier alpha value is -0.0400. The van der Waals surface area contributed by atoms with Gasteiger partial charge in [-0.3, -0.25) is 0 Å². The first-order valence-corrected chi connectivity index (χ1v) is 6.68. The molecule has 0 fully saturated rings. The summed E-state index contributed by atoms with van der Waals surface area (Å²) in [5, 5.41) is 3.57. The molecule has 0 aromatic carbocycles. The third-order valence-electron chi connectivity index (χ3n) is 2.86. The number of hydrogen-bond donors (Lipinski definition) is 1. The molecule has 0 unspecified atom stereocenters. The van der Waals surface area contributed by atoms with Crippen LogP contribution in [-0.2, 0) is 0 Å². The number of hydrogen-bond acceptors (Lipinski definition) is 1. The third-order valence-corrected chi connectivity index (χ3v) is 2.86. The van der Waals surface area contributed by atoms with E-state index in [1.807, 2.05) is 0 Å². The molecule has 1 nitrogen and oxygen atoms in total. The van der Waals surface area contributed by atoms with Crippen LogP contribution in [0.2, 0.25) is 0 Å². The summed E-state index contributed by atoms with van der Waals surface area (Å²) in [5.41, 5.74) is 0.475. The van der Waals surface area contributed by atoms with Gasteiger partial charge in [0.15, 0.2) is 0 Å². The summed E-state index contributed by atoms with van der Waals surface area (Å²) in [6, 6.07) is 0. The molecule has 1 N–H and O–H groups in total. The average Bonchev–Trinajstić information content (AvgIpc) is 2.11. The Kier molecular flexibility index (Phi) is 8.13. The van der Waals surface area contributed by atoms with Crippen LogP contribution in [0.25, 0.3) is 0 Å². The number of rotatable bonds is 9. The zero-order valence-corrected chi connectivity index (χ0v) is 11.5. The van der Waals surface area contributed by atoms with Crippen molar-refractivity contribution in [2.75, 3.05) is 13.1 Å². The van der Waals surface area contributed by atoms with E-state index >= 15 is 0 Å². The van der Waals surface area contributed by atoms with E-state index in [2.05, 4.69) is 39.9 Å². The lowest BCUT2D eigenvalue weighted by Gasteiger charge is -2.25. The molecule has 0 rings (SSSR count). The first-order valence-electron chi connectivity index (χ1n) is 6.68. The van der Waals surface area contributed by atoms with Crippen molar-refractivity contribution in [1.29, 1.82) is 0 Å². The van der Waals surface area contributed by atoms with Crippen molar-refractivity contribution in [2.45, 2.75) is 66.7 Å². The second kappa shape index (κ2) is 8.15. The van der Waals surface area contributed by atoms with E-state index < -0.39 is 0 Å². The number of unbranched alkanes of at least 4 members (excludes halogenated alkanes) is 3. The van der Waals surface area contributed by atoms with Gasteiger partial charge in [-0.1, -0.05) is 60.3 Å². The van der Waals surface area contributed by atoms with Crippen LogP contribution in [0, 0.1) is 11.3 Å². The van der Waals surface area contributed by atoms with E-state index in [4.69, 9.17) is 0 Å². The molecule has 15 heavy (non-hydrogen) atoms. The molecule has 0 aliphatic rings. The molecular formula is C14H31N. The molecule has 0 atom stereocenters. The van der Waals surface area contributed by atoms with Crippen molar-refractivity contribution in [3.8, 4) is 0 Å².